The van der Waals surface area contributed by atoms with Gasteiger partial charge in [-0.1, -0.05) is 32.0 Å². The van der Waals surface area contributed by atoms with Crippen molar-refractivity contribution in [3.63, 3.8) is 0 Å². The highest BCUT2D eigenvalue weighted by atomic mass is 16.3. The Balaban J connectivity index is 2.74. The molecule has 0 heterocycles. The maximum absolute atomic E-state index is 10.5. The van der Waals surface area contributed by atoms with Gasteiger partial charge in [0.15, 0.2) is 0 Å². The Morgan fingerprint density at radius 3 is 2.47 bits per heavy atom. The second-order valence-electron chi connectivity index (χ2n) is 5.83. The molecule has 1 unspecified atom stereocenters. The Morgan fingerprint density at radius 1 is 1.32 bits per heavy atom. The molecule has 0 amide bonds. The molecule has 0 radical (unpaired) electrons. The maximum atomic E-state index is 10.5. The molecule has 1 atom stereocenters. The fraction of sp³-hybridized carbons (Fsp3) is 0.625. The molecule has 0 aliphatic carbocycles. The van der Waals surface area contributed by atoms with E-state index in [1.807, 2.05) is 19.1 Å². The summed E-state index contributed by atoms with van der Waals surface area (Å²) < 4.78 is 0. The molecule has 0 aliphatic heterocycles. The first-order valence-electron chi connectivity index (χ1n) is 7.12. The Labute approximate surface area is 117 Å². The molecule has 0 aromatic heterocycles. The lowest BCUT2D eigenvalue weighted by Gasteiger charge is -2.34. The number of para-hydroxylation sites is 1. The Hall–Kier alpha value is -1.06. The van der Waals surface area contributed by atoms with Crippen molar-refractivity contribution in [2.75, 3.05) is 24.5 Å². The summed E-state index contributed by atoms with van der Waals surface area (Å²) in [4.78, 5) is 2.23. The van der Waals surface area contributed by atoms with Crippen LogP contribution in [0.4, 0.5) is 5.69 Å². The summed E-state index contributed by atoms with van der Waals surface area (Å²) >= 11 is 0. The molecule has 3 heteroatoms. The summed E-state index contributed by atoms with van der Waals surface area (Å²) in [5, 5.41) is 13.8. The number of aliphatic hydroxyl groups is 1. The summed E-state index contributed by atoms with van der Waals surface area (Å²) in [7, 11) is 0. The number of nitrogens with zero attached hydrogens (tertiary/aromatic N) is 1. The normalized spacial score (nSPS) is 14.5. The summed E-state index contributed by atoms with van der Waals surface area (Å²) in [6, 6.07) is 8.71. The van der Waals surface area contributed by atoms with Crippen molar-refractivity contribution in [2.24, 2.45) is 0 Å². The van der Waals surface area contributed by atoms with E-state index in [0.717, 1.165) is 6.54 Å². The molecular weight excluding hydrogens is 236 g/mol. The number of hydrogen-bond donors (Lipinski definition) is 2. The lowest BCUT2D eigenvalue weighted by molar-refractivity contribution is 0.0647. The second kappa shape index (κ2) is 6.92. The van der Waals surface area contributed by atoms with Crippen LogP contribution in [0.5, 0.6) is 0 Å². The van der Waals surface area contributed by atoms with Gasteiger partial charge in [-0.15, -0.1) is 0 Å². The van der Waals surface area contributed by atoms with Crippen LogP contribution in [-0.4, -0.2) is 36.4 Å². The van der Waals surface area contributed by atoms with E-state index >= 15 is 0 Å². The summed E-state index contributed by atoms with van der Waals surface area (Å²) in [5.74, 6) is 0. The summed E-state index contributed by atoms with van der Waals surface area (Å²) in [6.07, 6.45) is 0. The van der Waals surface area contributed by atoms with Crippen LogP contribution in [0.1, 0.15) is 33.3 Å². The third kappa shape index (κ3) is 5.21. The van der Waals surface area contributed by atoms with Crippen LogP contribution in [0.3, 0.4) is 0 Å². The highest BCUT2D eigenvalue weighted by Crippen LogP contribution is 2.21. The van der Waals surface area contributed by atoms with E-state index in [2.05, 4.69) is 50.0 Å². The van der Waals surface area contributed by atoms with Crippen LogP contribution in [0.2, 0.25) is 0 Å². The number of rotatable bonds is 7. The molecule has 1 aromatic rings. The van der Waals surface area contributed by atoms with Gasteiger partial charge in [0, 0.05) is 31.4 Å². The molecular formula is C16H28N2O. The van der Waals surface area contributed by atoms with Gasteiger partial charge < -0.3 is 15.3 Å². The van der Waals surface area contributed by atoms with Gasteiger partial charge in [0.1, 0.15) is 0 Å². The average molecular weight is 264 g/mol. The van der Waals surface area contributed by atoms with Crippen LogP contribution in [-0.2, 0) is 0 Å². The number of likely N-dealkylation sites (N-methyl/N-ethyl adjacent to an activating group) is 1. The van der Waals surface area contributed by atoms with Crippen molar-refractivity contribution in [1.82, 2.24) is 5.32 Å². The predicted molar refractivity (Wildman–Crippen MR) is 82.8 cm³/mol. The van der Waals surface area contributed by atoms with Gasteiger partial charge in [-0.2, -0.15) is 0 Å². The number of anilines is 1. The molecule has 1 aromatic carbocycles. The van der Waals surface area contributed by atoms with Crippen molar-refractivity contribution >= 4 is 5.69 Å². The first-order valence-corrected chi connectivity index (χ1v) is 7.12. The highest BCUT2D eigenvalue weighted by molar-refractivity contribution is 5.53. The van der Waals surface area contributed by atoms with Gasteiger partial charge >= 0.3 is 0 Å². The van der Waals surface area contributed by atoms with Crippen LogP contribution in [0.15, 0.2) is 24.3 Å². The number of nitrogens with one attached hydrogen (secondary N) is 1. The van der Waals surface area contributed by atoms with Crippen LogP contribution < -0.4 is 10.2 Å². The zero-order valence-electron chi connectivity index (χ0n) is 12.9. The summed E-state index contributed by atoms with van der Waals surface area (Å²) in [6.45, 7) is 12.4. The molecule has 108 valence electrons. The van der Waals surface area contributed by atoms with Gasteiger partial charge in [-0.25, -0.2) is 0 Å². The largest absolute Gasteiger partial charge is 0.387 e. The van der Waals surface area contributed by atoms with Crippen LogP contribution in [0, 0.1) is 6.92 Å². The Morgan fingerprint density at radius 2 is 1.95 bits per heavy atom. The first-order chi connectivity index (χ1) is 8.85. The molecule has 1 rings (SSSR count). The highest BCUT2D eigenvalue weighted by Gasteiger charge is 2.24. The number of benzene rings is 1. The van der Waals surface area contributed by atoms with Gasteiger partial charge in [0.2, 0.25) is 0 Å². The smallest absolute Gasteiger partial charge is 0.0917 e. The summed E-state index contributed by atoms with van der Waals surface area (Å²) in [5.41, 5.74) is 1.72. The number of aryl methyl sites for hydroxylation is 1. The van der Waals surface area contributed by atoms with Crippen molar-refractivity contribution in [2.45, 2.75) is 46.3 Å². The fourth-order valence-electron chi connectivity index (χ4n) is 2.18. The third-order valence-corrected chi connectivity index (χ3v) is 3.26. The van der Waals surface area contributed by atoms with Crippen molar-refractivity contribution in [3.05, 3.63) is 29.8 Å². The van der Waals surface area contributed by atoms with E-state index in [9.17, 15) is 5.11 Å². The standard InChI is InChI=1S/C16H28N2O/c1-6-18(15-10-8-7-9-14(15)4)12-16(5,19)11-17-13(2)3/h7-10,13,17,19H,6,11-12H2,1-5H3. The van der Waals surface area contributed by atoms with Gasteiger partial charge in [0.25, 0.3) is 0 Å². The lowest BCUT2D eigenvalue weighted by atomic mass is 10.0. The SMILES string of the molecule is CCN(CC(C)(O)CNC(C)C)c1ccccc1C. The quantitative estimate of drug-likeness (QED) is 0.794. The predicted octanol–water partition coefficient (Wildman–Crippen LogP) is 2.57. The third-order valence-electron chi connectivity index (χ3n) is 3.26. The minimum absolute atomic E-state index is 0.389. The Bertz CT molecular complexity index is 388. The fourth-order valence-corrected chi connectivity index (χ4v) is 2.18. The van der Waals surface area contributed by atoms with Crippen molar-refractivity contribution < 1.29 is 5.11 Å². The first kappa shape index (κ1) is 16.0. The van der Waals surface area contributed by atoms with Crippen LogP contribution in [0.25, 0.3) is 0 Å². The maximum Gasteiger partial charge on any atom is 0.0917 e. The van der Waals surface area contributed by atoms with Crippen molar-refractivity contribution in [1.29, 1.82) is 0 Å². The molecule has 0 saturated heterocycles. The zero-order valence-corrected chi connectivity index (χ0v) is 12.9. The van der Waals surface area contributed by atoms with Gasteiger partial charge in [0.05, 0.1) is 5.60 Å². The molecule has 3 nitrogen and oxygen atoms in total. The minimum atomic E-state index is -0.734. The monoisotopic (exact) mass is 264 g/mol. The van der Waals surface area contributed by atoms with Gasteiger partial charge in [-0.3, -0.25) is 0 Å². The number of hydrogen-bond acceptors (Lipinski definition) is 3. The lowest BCUT2D eigenvalue weighted by Crippen LogP contribution is -2.49. The van der Waals surface area contributed by atoms with E-state index in [1.165, 1.54) is 11.3 Å². The topological polar surface area (TPSA) is 35.5 Å². The van der Waals surface area contributed by atoms with E-state index < -0.39 is 5.60 Å². The Kier molecular flexibility index (Phi) is 5.83. The van der Waals surface area contributed by atoms with E-state index in [1.54, 1.807) is 0 Å². The molecule has 0 aliphatic rings. The molecule has 2 N–H and O–H groups in total. The molecule has 19 heavy (non-hydrogen) atoms. The van der Waals surface area contributed by atoms with E-state index in [4.69, 9.17) is 0 Å². The average Bonchev–Trinajstić information content (AvgIpc) is 2.35. The van der Waals surface area contributed by atoms with Crippen molar-refractivity contribution in [3.8, 4) is 0 Å². The molecule has 0 bridgehead atoms. The van der Waals surface area contributed by atoms with Gasteiger partial charge in [-0.05, 0) is 32.4 Å². The zero-order chi connectivity index (χ0) is 14.5. The van der Waals surface area contributed by atoms with Crippen LogP contribution >= 0.6 is 0 Å². The molecule has 0 fully saturated rings. The molecule has 0 saturated carbocycles. The minimum Gasteiger partial charge on any atom is -0.387 e. The van der Waals surface area contributed by atoms with E-state index in [-0.39, 0.29) is 0 Å². The van der Waals surface area contributed by atoms with E-state index in [0.29, 0.717) is 19.1 Å². The second-order valence-corrected chi connectivity index (χ2v) is 5.83. The molecule has 0 spiro atoms.